The second kappa shape index (κ2) is 6.70. The molecule has 26 heavy (non-hydrogen) atoms. The van der Waals surface area contributed by atoms with Crippen molar-refractivity contribution in [3.8, 4) is 0 Å². The van der Waals surface area contributed by atoms with Crippen LogP contribution in [0.2, 0.25) is 0 Å². The topological polar surface area (TPSA) is 58.4 Å². The summed E-state index contributed by atoms with van der Waals surface area (Å²) in [5.41, 5.74) is 2.28. The number of imidazole rings is 1. The first-order chi connectivity index (χ1) is 12.4. The molecule has 1 atom stereocenters. The number of hydrogen-bond acceptors (Lipinski definition) is 4. The van der Waals surface area contributed by atoms with E-state index >= 15 is 0 Å². The summed E-state index contributed by atoms with van der Waals surface area (Å²) < 4.78 is 29.8. The Morgan fingerprint density at radius 3 is 3.00 bits per heavy atom. The maximum atomic E-state index is 13.1. The molecule has 2 aliphatic heterocycles. The van der Waals surface area contributed by atoms with Crippen molar-refractivity contribution >= 4 is 15.7 Å². The Kier molecular flexibility index (Phi) is 4.52. The number of nitrogens with zero attached hydrogens (tertiary/aromatic N) is 4. The minimum atomic E-state index is -3.48. The summed E-state index contributed by atoms with van der Waals surface area (Å²) in [5, 5.41) is 0. The molecule has 2 aliphatic rings. The van der Waals surface area contributed by atoms with Gasteiger partial charge in [-0.1, -0.05) is 6.07 Å². The Morgan fingerprint density at radius 2 is 2.15 bits per heavy atom. The normalized spacial score (nSPS) is 20.1. The van der Waals surface area contributed by atoms with Crippen molar-refractivity contribution in [3.05, 3.63) is 42.0 Å². The number of rotatable bonds is 4. The Hall–Kier alpha value is -1.86. The summed E-state index contributed by atoms with van der Waals surface area (Å²) in [6.45, 7) is 2.34. The van der Waals surface area contributed by atoms with Crippen molar-refractivity contribution in [2.45, 2.75) is 37.1 Å². The molecule has 0 spiro atoms. The first-order valence-electron chi connectivity index (χ1n) is 9.25. The molecule has 3 heterocycles. The van der Waals surface area contributed by atoms with Gasteiger partial charge in [-0.05, 0) is 42.9 Å². The molecular weight excluding hydrogens is 348 g/mol. The fraction of sp³-hybridized carbons (Fsp3) is 0.526. The van der Waals surface area contributed by atoms with E-state index in [9.17, 15) is 8.42 Å². The van der Waals surface area contributed by atoms with Crippen LogP contribution < -0.4 is 4.90 Å². The molecule has 2 aromatic rings. The molecule has 6 nitrogen and oxygen atoms in total. The van der Waals surface area contributed by atoms with Gasteiger partial charge in [0, 0.05) is 58.2 Å². The van der Waals surface area contributed by atoms with E-state index in [-0.39, 0.29) is 0 Å². The maximum absolute atomic E-state index is 13.1. The SMILES string of the molecule is CN1CCCc2ccc(S(=O)(=O)N(C)C[C@H]3CCc4nccn4C3)cc21. The summed E-state index contributed by atoms with van der Waals surface area (Å²) in [5.74, 6) is 1.42. The van der Waals surface area contributed by atoms with Crippen molar-refractivity contribution in [1.82, 2.24) is 13.9 Å². The van der Waals surface area contributed by atoms with Crippen molar-refractivity contribution < 1.29 is 8.42 Å². The molecule has 0 fully saturated rings. The molecule has 0 saturated carbocycles. The number of aromatic nitrogens is 2. The summed E-state index contributed by atoms with van der Waals surface area (Å²) in [6.07, 6.45) is 7.83. The Bertz CT molecular complexity index is 906. The van der Waals surface area contributed by atoms with Crippen LogP contribution >= 0.6 is 0 Å². The van der Waals surface area contributed by atoms with Crippen LogP contribution in [0, 0.1) is 5.92 Å². The van der Waals surface area contributed by atoms with Gasteiger partial charge in [-0.15, -0.1) is 0 Å². The maximum Gasteiger partial charge on any atom is 0.242 e. The van der Waals surface area contributed by atoms with E-state index < -0.39 is 10.0 Å². The molecule has 7 heteroatoms. The lowest BCUT2D eigenvalue weighted by Crippen LogP contribution is -2.35. The molecule has 0 saturated heterocycles. The third-order valence-corrected chi connectivity index (χ3v) is 7.48. The van der Waals surface area contributed by atoms with Gasteiger partial charge in [0.25, 0.3) is 0 Å². The fourth-order valence-corrected chi connectivity index (χ4v) is 5.39. The van der Waals surface area contributed by atoms with Crippen molar-refractivity contribution in [2.75, 3.05) is 32.1 Å². The molecule has 1 aromatic carbocycles. The summed E-state index contributed by atoms with van der Waals surface area (Å²) in [7, 11) is 0.249. The summed E-state index contributed by atoms with van der Waals surface area (Å²) in [4.78, 5) is 6.89. The molecule has 0 bridgehead atoms. The highest BCUT2D eigenvalue weighted by Gasteiger charge is 2.27. The second-order valence-electron chi connectivity index (χ2n) is 7.50. The molecule has 0 radical (unpaired) electrons. The van der Waals surface area contributed by atoms with Crippen molar-refractivity contribution in [2.24, 2.45) is 5.92 Å². The van der Waals surface area contributed by atoms with E-state index in [1.165, 1.54) is 9.87 Å². The molecule has 1 aromatic heterocycles. The standard InChI is InChI=1S/C19H26N4O2S/c1-21-10-3-4-16-6-7-17(12-18(16)21)26(24,25)22(2)13-15-5-8-19-20-9-11-23(19)14-15/h6-7,9,11-12,15H,3-5,8,10,13-14H2,1-2H3/t15-/m1/s1. The lowest BCUT2D eigenvalue weighted by Gasteiger charge is -2.30. The molecule has 0 amide bonds. The van der Waals surface area contributed by atoms with Crippen LogP contribution in [-0.4, -0.2) is 49.5 Å². The highest BCUT2D eigenvalue weighted by Crippen LogP contribution is 2.30. The number of aryl methyl sites for hydroxylation is 2. The van der Waals surface area contributed by atoms with Gasteiger partial charge < -0.3 is 9.47 Å². The minimum Gasteiger partial charge on any atom is -0.374 e. The first-order valence-corrected chi connectivity index (χ1v) is 10.7. The first kappa shape index (κ1) is 17.5. The largest absolute Gasteiger partial charge is 0.374 e. The zero-order chi connectivity index (χ0) is 18.3. The van der Waals surface area contributed by atoms with Gasteiger partial charge in [-0.2, -0.15) is 0 Å². The predicted molar refractivity (Wildman–Crippen MR) is 102 cm³/mol. The average molecular weight is 375 g/mol. The quantitative estimate of drug-likeness (QED) is 0.823. The van der Waals surface area contributed by atoms with Crippen LogP contribution in [0.4, 0.5) is 5.69 Å². The van der Waals surface area contributed by atoms with Gasteiger partial charge in [0.2, 0.25) is 10.0 Å². The number of hydrogen-bond donors (Lipinski definition) is 0. The van der Waals surface area contributed by atoms with E-state index in [1.54, 1.807) is 13.1 Å². The molecule has 0 N–H and O–H groups in total. The van der Waals surface area contributed by atoms with Crippen LogP contribution in [-0.2, 0) is 29.4 Å². The Balaban J connectivity index is 1.52. The number of benzene rings is 1. The van der Waals surface area contributed by atoms with Crippen molar-refractivity contribution in [1.29, 1.82) is 0 Å². The molecule has 140 valence electrons. The Morgan fingerprint density at radius 1 is 1.31 bits per heavy atom. The van der Waals surface area contributed by atoms with Gasteiger partial charge in [0.05, 0.1) is 4.90 Å². The van der Waals surface area contributed by atoms with Crippen LogP contribution in [0.25, 0.3) is 0 Å². The molecule has 0 aliphatic carbocycles. The highest BCUT2D eigenvalue weighted by molar-refractivity contribution is 7.89. The van der Waals surface area contributed by atoms with Crippen LogP contribution in [0.15, 0.2) is 35.5 Å². The van der Waals surface area contributed by atoms with E-state index in [4.69, 9.17) is 0 Å². The third kappa shape index (κ3) is 3.14. The van der Waals surface area contributed by atoms with Gasteiger partial charge >= 0.3 is 0 Å². The number of anilines is 1. The average Bonchev–Trinajstić information content (AvgIpc) is 3.09. The van der Waals surface area contributed by atoms with Crippen LogP contribution in [0.3, 0.4) is 0 Å². The second-order valence-corrected chi connectivity index (χ2v) is 9.55. The van der Waals surface area contributed by atoms with E-state index in [1.807, 2.05) is 31.6 Å². The smallest absolute Gasteiger partial charge is 0.242 e. The van der Waals surface area contributed by atoms with Crippen molar-refractivity contribution in [3.63, 3.8) is 0 Å². The zero-order valence-electron chi connectivity index (χ0n) is 15.4. The Labute approximate surface area is 155 Å². The van der Waals surface area contributed by atoms with Crippen LogP contribution in [0.5, 0.6) is 0 Å². The van der Waals surface area contributed by atoms with E-state index in [2.05, 4.69) is 14.5 Å². The van der Waals surface area contributed by atoms with Gasteiger partial charge in [-0.25, -0.2) is 17.7 Å². The molecular formula is C19H26N4O2S. The van der Waals surface area contributed by atoms with E-state index in [0.717, 1.165) is 50.3 Å². The predicted octanol–water partition coefficient (Wildman–Crippen LogP) is 2.15. The van der Waals surface area contributed by atoms with Crippen LogP contribution in [0.1, 0.15) is 24.2 Å². The summed E-state index contributed by atoms with van der Waals surface area (Å²) >= 11 is 0. The third-order valence-electron chi connectivity index (χ3n) is 5.66. The molecule has 4 rings (SSSR count). The van der Waals surface area contributed by atoms with E-state index in [0.29, 0.717) is 17.4 Å². The van der Waals surface area contributed by atoms with Gasteiger partial charge in [-0.3, -0.25) is 0 Å². The number of sulfonamides is 1. The monoisotopic (exact) mass is 374 g/mol. The fourth-order valence-electron chi connectivity index (χ4n) is 4.13. The lowest BCUT2D eigenvalue weighted by atomic mass is 10.00. The summed E-state index contributed by atoms with van der Waals surface area (Å²) in [6, 6.07) is 5.58. The zero-order valence-corrected chi connectivity index (χ0v) is 16.2. The number of fused-ring (bicyclic) bond motifs is 2. The highest BCUT2D eigenvalue weighted by atomic mass is 32.2. The minimum absolute atomic E-state index is 0.316. The lowest BCUT2D eigenvalue weighted by molar-refractivity contribution is 0.303. The van der Waals surface area contributed by atoms with Gasteiger partial charge in [0.15, 0.2) is 0 Å². The molecule has 0 unspecified atom stereocenters. The van der Waals surface area contributed by atoms with Gasteiger partial charge in [0.1, 0.15) is 5.82 Å².